The van der Waals surface area contributed by atoms with Crippen molar-refractivity contribution in [3.63, 3.8) is 0 Å². The van der Waals surface area contributed by atoms with E-state index in [9.17, 15) is 0 Å². The average Bonchev–Trinajstić information content (AvgIpc) is 2.67. The van der Waals surface area contributed by atoms with Crippen LogP contribution in [0.5, 0.6) is 5.75 Å². The van der Waals surface area contributed by atoms with Gasteiger partial charge in [-0.3, -0.25) is 4.90 Å². The van der Waals surface area contributed by atoms with Crippen molar-refractivity contribution in [2.75, 3.05) is 19.7 Å². The van der Waals surface area contributed by atoms with Gasteiger partial charge in [0.2, 0.25) is 0 Å². The Morgan fingerprint density at radius 1 is 1.37 bits per heavy atom. The van der Waals surface area contributed by atoms with Gasteiger partial charge in [-0.05, 0) is 23.6 Å². The van der Waals surface area contributed by atoms with Crippen LogP contribution in [0, 0.1) is 5.92 Å². The van der Waals surface area contributed by atoms with Crippen LogP contribution in [0.1, 0.15) is 12.5 Å². The molecule has 1 aromatic carbocycles. The molecule has 0 aromatic heterocycles. The molecule has 1 aromatic rings. The molecule has 3 nitrogen and oxygen atoms in total. The summed E-state index contributed by atoms with van der Waals surface area (Å²) in [4.78, 5) is 2.41. The number of likely N-dealkylation sites (tertiary alicyclic amines) is 1. The van der Waals surface area contributed by atoms with Gasteiger partial charge in [-0.1, -0.05) is 31.7 Å². The summed E-state index contributed by atoms with van der Waals surface area (Å²) in [7, 11) is 0. The molecule has 0 aliphatic carbocycles. The largest absolute Gasteiger partial charge is 0.490 e. The first kappa shape index (κ1) is 16.0. The normalized spacial score (nSPS) is 22.8. The van der Waals surface area contributed by atoms with Gasteiger partial charge in [0.1, 0.15) is 12.4 Å². The van der Waals surface area contributed by atoms with Crippen LogP contribution in [0.3, 0.4) is 0 Å². The third-order valence-electron chi connectivity index (χ3n) is 3.44. The molecular weight excluding hydrogens is 260 g/mol. The Labute approximate surface area is 121 Å². The Morgan fingerprint density at radius 2 is 2.05 bits per heavy atom. The highest BCUT2D eigenvalue weighted by atomic mass is 35.5. The van der Waals surface area contributed by atoms with Crippen LogP contribution in [0.15, 0.2) is 36.9 Å². The highest BCUT2D eigenvalue weighted by molar-refractivity contribution is 5.85. The third kappa shape index (κ3) is 4.53. The summed E-state index contributed by atoms with van der Waals surface area (Å²) in [5, 5.41) is 0. The topological polar surface area (TPSA) is 38.5 Å². The van der Waals surface area contributed by atoms with Crippen molar-refractivity contribution in [3.8, 4) is 5.75 Å². The number of ether oxygens (including phenoxy) is 1. The van der Waals surface area contributed by atoms with Crippen molar-refractivity contribution in [1.82, 2.24) is 4.90 Å². The first-order valence-electron chi connectivity index (χ1n) is 6.49. The lowest BCUT2D eigenvalue weighted by atomic mass is 10.1. The molecule has 2 unspecified atom stereocenters. The Bertz CT molecular complexity index is 384. The van der Waals surface area contributed by atoms with Gasteiger partial charge in [-0.2, -0.15) is 0 Å². The van der Waals surface area contributed by atoms with Crippen LogP contribution < -0.4 is 10.5 Å². The second-order valence-corrected chi connectivity index (χ2v) is 5.08. The fourth-order valence-corrected chi connectivity index (χ4v) is 2.33. The standard InChI is InChI=1S/C15H22N2O.ClH/c1-3-8-18-14-6-4-13(5-7-14)10-17-9-12(2)15(16)11-17;/h3-7,12,15H,1,8-11,16H2,2H3;1H. The summed E-state index contributed by atoms with van der Waals surface area (Å²) < 4.78 is 5.46. The molecule has 106 valence electrons. The molecule has 0 bridgehead atoms. The highest BCUT2D eigenvalue weighted by Crippen LogP contribution is 2.19. The Kier molecular flexibility index (Phi) is 6.35. The maximum Gasteiger partial charge on any atom is 0.119 e. The summed E-state index contributed by atoms with van der Waals surface area (Å²) in [6.07, 6.45) is 1.75. The molecule has 4 heteroatoms. The van der Waals surface area contributed by atoms with E-state index in [1.807, 2.05) is 12.1 Å². The molecule has 2 N–H and O–H groups in total. The van der Waals surface area contributed by atoms with E-state index < -0.39 is 0 Å². The summed E-state index contributed by atoms with van der Waals surface area (Å²) in [6, 6.07) is 8.58. The fourth-order valence-electron chi connectivity index (χ4n) is 2.33. The highest BCUT2D eigenvalue weighted by Gasteiger charge is 2.26. The average molecular weight is 283 g/mol. The van der Waals surface area contributed by atoms with Crippen molar-refractivity contribution in [2.45, 2.75) is 19.5 Å². The lowest BCUT2D eigenvalue weighted by Gasteiger charge is -2.15. The van der Waals surface area contributed by atoms with Crippen LogP contribution >= 0.6 is 12.4 Å². The summed E-state index contributed by atoms with van der Waals surface area (Å²) in [5.74, 6) is 1.49. The maximum atomic E-state index is 6.03. The van der Waals surface area contributed by atoms with Crippen LogP contribution in [-0.4, -0.2) is 30.6 Å². The predicted octanol–water partition coefficient (Wildman–Crippen LogP) is 2.45. The lowest BCUT2D eigenvalue weighted by Crippen LogP contribution is -2.28. The van der Waals surface area contributed by atoms with E-state index >= 15 is 0 Å². The summed E-state index contributed by atoms with van der Waals surface area (Å²) >= 11 is 0. The molecule has 1 fully saturated rings. The van der Waals surface area contributed by atoms with Gasteiger partial charge < -0.3 is 10.5 Å². The third-order valence-corrected chi connectivity index (χ3v) is 3.44. The van der Waals surface area contributed by atoms with Gasteiger partial charge in [0.15, 0.2) is 0 Å². The zero-order valence-electron chi connectivity index (χ0n) is 11.4. The molecule has 0 spiro atoms. The number of benzene rings is 1. The molecule has 0 saturated carbocycles. The van der Waals surface area contributed by atoms with Crippen LogP contribution in [0.2, 0.25) is 0 Å². The minimum Gasteiger partial charge on any atom is -0.490 e. The zero-order chi connectivity index (χ0) is 13.0. The van der Waals surface area contributed by atoms with E-state index in [0.29, 0.717) is 18.6 Å². The van der Waals surface area contributed by atoms with Gasteiger partial charge in [0.25, 0.3) is 0 Å². The van der Waals surface area contributed by atoms with Crippen molar-refractivity contribution in [3.05, 3.63) is 42.5 Å². The molecule has 2 rings (SSSR count). The van der Waals surface area contributed by atoms with Gasteiger partial charge in [-0.25, -0.2) is 0 Å². The second-order valence-electron chi connectivity index (χ2n) is 5.08. The Balaban J connectivity index is 0.00000180. The van der Waals surface area contributed by atoms with E-state index in [-0.39, 0.29) is 12.4 Å². The molecule has 2 atom stereocenters. The molecule has 0 amide bonds. The molecule has 1 heterocycles. The first-order valence-corrected chi connectivity index (χ1v) is 6.49. The number of nitrogens with zero attached hydrogens (tertiary/aromatic N) is 1. The predicted molar refractivity (Wildman–Crippen MR) is 81.8 cm³/mol. The fraction of sp³-hybridized carbons (Fsp3) is 0.467. The van der Waals surface area contributed by atoms with Crippen molar-refractivity contribution in [1.29, 1.82) is 0 Å². The van der Waals surface area contributed by atoms with E-state index in [4.69, 9.17) is 10.5 Å². The van der Waals surface area contributed by atoms with Crippen LogP contribution in [0.4, 0.5) is 0 Å². The molecular formula is C15H23ClN2O. The zero-order valence-corrected chi connectivity index (χ0v) is 12.2. The van der Waals surface area contributed by atoms with Gasteiger partial charge in [-0.15, -0.1) is 12.4 Å². The van der Waals surface area contributed by atoms with Gasteiger partial charge in [0.05, 0.1) is 0 Å². The van der Waals surface area contributed by atoms with Crippen molar-refractivity contribution in [2.24, 2.45) is 11.7 Å². The van der Waals surface area contributed by atoms with Crippen LogP contribution in [-0.2, 0) is 6.54 Å². The molecule has 0 radical (unpaired) electrons. The second kappa shape index (κ2) is 7.53. The number of hydrogen-bond donors (Lipinski definition) is 1. The minimum atomic E-state index is 0. The molecule has 1 saturated heterocycles. The number of nitrogens with two attached hydrogens (primary N) is 1. The Hall–Kier alpha value is -1.03. The van der Waals surface area contributed by atoms with Crippen molar-refractivity contribution >= 4 is 12.4 Å². The molecule has 1 aliphatic rings. The van der Waals surface area contributed by atoms with Crippen molar-refractivity contribution < 1.29 is 4.74 Å². The number of hydrogen-bond acceptors (Lipinski definition) is 3. The smallest absolute Gasteiger partial charge is 0.119 e. The van der Waals surface area contributed by atoms with Gasteiger partial charge in [0, 0.05) is 25.7 Å². The van der Waals surface area contributed by atoms with E-state index in [2.05, 4.69) is 30.5 Å². The van der Waals surface area contributed by atoms with Gasteiger partial charge >= 0.3 is 0 Å². The Morgan fingerprint density at radius 3 is 2.58 bits per heavy atom. The first-order chi connectivity index (χ1) is 8.69. The van der Waals surface area contributed by atoms with E-state index in [1.54, 1.807) is 6.08 Å². The molecule has 1 aliphatic heterocycles. The maximum absolute atomic E-state index is 6.03. The van der Waals surface area contributed by atoms with Crippen LogP contribution in [0.25, 0.3) is 0 Å². The summed E-state index contributed by atoms with van der Waals surface area (Å²) in [5.41, 5.74) is 7.34. The van der Waals surface area contributed by atoms with E-state index in [1.165, 1.54) is 5.56 Å². The SMILES string of the molecule is C=CCOc1ccc(CN2CC(C)C(N)C2)cc1.Cl. The quantitative estimate of drug-likeness (QED) is 0.843. The van der Waals surface area contributed by atoms with E-state index in [0.717, 1.165) is 25.4 Å². The monoisotopic (exact) mass is 282 g/mol. The summed E-state index contributed by atoms with van der Waals surface area (Å²) in [6.45, 7) is 9.47. The lowest BCUT2D eigenvalue weighted by molar-refractivity contribution is 0.318. The number of halogens is 1. The minimum absolute atomic E-state index is 0. The number of rotatable bonds is 5. The molecule has 19 heavy (non-hydrogen) atoms.